The highest BCUT2D eigenvalue weighted by Crippen LogP contribution is 2.18. The molecule has 6 heteroatoms. The second kappa shape index (κ2) is 6.34. The summed E-state index contributed by atoms with van der Waals surface area (Å²) in [6, 6.07) is 10.8. The van der Waals surface area contributed by atoms with Gasteiger partial charge in [0.2, 0.25) is 0 Å². The van der Waals surface area contributed by atoms with E-state index in [9.17, 15) is 4.79 Å². The van der Waals surface area contributed by atoms with Crippen molar-refractivity contribution >= 4 is 11.6 Å². The van der Waals surface area contributed by atoms with Crippen molar-refractivity contribution in [2.75, 3.05) is 0 Å². The fourth-order valence-corrected chi connectivity index (χ4v) is 2.38. The van der Waals surface area contributed by atoms with Crippen molar-refractivity contribution in [1.29, 1.82) is 0 Å². The summed E-state index contributed by atoms with van der Waals surface area (Å²) in [5.41, 5.74) is 1.17. The van der Waals surface area contributed by atoms with Crippen LogP contribution in [0.2, 0.25) is 0 Å². The smallest absolute Gasteiger partial charge is 0.270 e. The first-order valence-corrected chi connectivity index (χ1v) is 7.31. The molecule has 0 saturated carbocycles. The van der Waals surface area contributed by atoms with Crippen molar-refractivity contribution in [2.45, 2.75) is 25.8 Å². The lowest BCUT2D eigenvalue weighted by molar-refractivity contribution is 0.0927. The van der Waals surface area contributed by atoms with Gasteiger partial charge in [-0.2, -0.15) is 0 Å². The number of fused-ring (bicyclic) bond motifs is 1. The molecular weight excluding hydrogens is 278 g/mol. The van der Waals surface area contributed by atoms with Gasteiger partial charge in [0, 0.05) is 12.4 Å². The topological polar surface area (TPSA) is 72.2 Å². The third-order valence-corrected chi connectivity index (χ3v) is 3.43. The van der Waals surface area contributed by atoms with Gasteiger partial charge in [0.25, 0.3) is 5.91 Å². The van der Waals surface area contributed by atoms with E-state index in [1.165, 1.54) is 0 Å². The molecule has 1 amide bonds. The van der Waals surface area contributed by atoms with E-state index in [1.54, 1.807) is 24.4 Å². The number of nitrogens with zero attached hydrogens (tertiary/aromatic N) is 4. The van der Waals surface area contributed by atoms with Gasteiger partial charge in [0.15, 0.2) is 11.5 Å². The number of carbonyl (C=O) groups excluding carboxylic acids is 1. The molecular formula is C16H17N5O. The molecule has 112 valence electrons. The summed E-state index contributed by atoms with van der Waals surface area (Å²) in [6.07, 6.45) is 5.22. The zero-order valence-electron chi connectivity index (χ0n) is 12.3. The zero-order valence-corrected chi connectivity index (χ0v) is 12.3. The molecule has 0 spiro atoms. The summed E-state index contributed by atoms with van der Waals surface area (Å²) in [6.45, 7) is 2.07. The Balaban J connectivity index is 1.88. The van der Waals surface area contributed by atoms with Gasteiger partial charge in [0.1, 0.15) is 5.69 Å². The zero-order chi connectivity index (χ0) is 15.4. The quantitative estimate of drug-likeness (QED) is 0.784. The molecule has 1 unspecified atom stereocenters. The van der Waals surface area contributed by atoms with Crippen LogP contribution in [0.3, 0.4) is 0 Å². The maximum Gasteiger partial charge on any atom is 0.270 e. The maximum atomic E-state index is 12.3. The van der Waals surface area contributed by atoms with Crippen LogP contribution in [0.5, 0.6) is 0 Å². The van der Waals surface area contributed by atoms with Crippen LogP contribution >= 0.6 is 0 Å². The van der Waals surface area contributed by atoms with Gasteiger partial charge in [-0.05, 0) is 30.7 Å². The lowest BCUT2D eigenvalue weighted by Crippen LogP contribution is -2.30. The molecule has 22 heavy (non-hydrogen) atoms. The average molecular weight is 295 g/mol. The molecule has 1 atom stereocenters. The molecule has 3 aromatic rings. The van der Waals surface area contributed by atoms with E-state index in [0.717, 1.165) is 24.3 Å². The Bertz CT molecular complexity index is 768. The molecule has 0 aliphatic carbocycles. The molecule has 0 saturated heterocycles. The number of carbonyl (C=O) groups is 1. The van der Waals surface area contributed by atoms with E-state index in [-0.39, 0.29) is 11.9 Å². The van der Waals surface area contributed by atoms with Crippen LogP contribution < -0.4 is 5.32 Å². The van der Waals surface area contributed by atoms with Crippen molar-refractivity contribution in [2.24, 2.45) is 0 Å². The monoisotopic (exact) mass is 295 g/mol. The summed E-state index contributed by atoms with van der Waals surface area (Å²) in [7, 11) is 0. The highest BCUT2D eigenvalue weighted by molar-refractivity contribution is 5.92. The van der Waals surface area contributed by atoms with Crippen LogP contribution in [0.4, 0.5) is 0 Å². The Morgan fingerprint density at radius 1 is 1.23 bits per heavy atom. The maximum absolute atomic E-state index is 12.3. The first kappa shape index (κ1) is 14.2. The van der Waals surface area contributed by atoms with Crippen LogP contribution in [0.25, 0.3) is 5.65 Å². The Morgan fingerprint density at radius 3 is 2.86 bits per heavy atom. The molecule has 3 aromatic heterocycles. The Morgan fingerprint density at radius 2 is 2.09 bits per heavy atom. The second-order valence-electron chi connectivity index (χ2n) is 5.02. The van der Waals surface area contributed by atoms with Crippen molar-refractivity contribution in [3.05, 3.63) is 60.3 Å². The summed E-state index contributed by atoms with van der Waals surface area (Å²) < 4.78 is 1.90. The van der Waals surface area contributed by atoms with Crippen LogP contribution in [-0.2, 0) is 0 Å². The number of aromatic nitrogens is 4. The minimum Gasteiger partial charge on any atom is -0.341 e. The minimum atomic E-state index is -0.202. The number of hydrogen-bond donors (Lipinski definition) is 1. The summed E-state index contributed by atoms with van der Waals surface area (Å²) in [5.74, 6) is 0.536. The standard InChI is InChI=1S/C16H17N5O/c1-2-7-12(18-16(22)13-8-3-5-10-17-13)15-20-19-14-9-4-6-11-21(14)15/h3-6,8-12H,2,7H2,1H3,(H,18,22). The van der Waals surface area contributed by atoms with Crippen LogP contribution in [-0.4, -0.2) is 25.5 Å². The lowest BCUT2D eigenvalue weighted by atomic mass is 10.1. The van der Waals surface area contributed by atoms with E-state index in [2.05, 4.69) is 27.4 Å². The number of rotatable bonds is 5. The molecule has 3 heterocycles. The number of amides is 1. The Kier molecular flexibility index (Phi) is 4.09. The third-order valence-electron chi connectivity index (χ3n) is 3.43. The van der Waals surface area contributed by atoms with E-state index in [1.807, 2.05) is 28.8 Å². The van der Waals surface area contributed by atoms with Crippen molar-refractivity contribution in [3.63, 3.8) is 0 Å². The van der Waals surface area contributed by atoms with Crippen molar-refractivity contribution < 1.29 is 4.79 Å². The van der Waals surface area contributed by atoms with Crippen molar-refractivity contribution in [1.82, 2.24) is 24.9 Å². The van der Waals surface area contributed by atoms with Crippen LogP contribution in [0, 0.1) is 0 Å². The fourth-order valence-electron chi connectivity index (χ4n) is 2.38. The molecule has 0 aromatic carbocycles. The number of nitrogens with one attached hydrogen (secondary N) is 1. The first-order valence-electron chi connectivity index (χ1n) is 7.31. The molecule has 3 rings (SSSR count). The first-order chi connectivity index (χ1) is 10.8. The molecule has 6 nitrogen and oxygen atoms in total. The van der Waals surface area contributed by atoms with Crippen LogP contribution in [0.1, 0.15) is 42.1 Å². The molecule has 0 aliphatic heterocycles. The highest BCUT2D eigenvalue weighted by Gasteiger charge is 2.20. The predicted octanol–water partition coefficient (Wildman–Crippen LogP) is 2.40. The number of pyridine rings is 2. The molecule has 0 aliphatic rings. The van der Waals surface area contributed by atoms with Gasteiger partial charge in [0.05, 0.1) is 6.04 Å². The largest absolute Gasteiger partial charge is 0.341 e. The Hall–Kier alpha value is -2.76. The number of hydrogen-bond acceptors (Lipinski definition) is 4. The molecule has 0 fully saturated rings. The third kappa shape index (κ3) is 2.81. The van der Waals surface area contributed by atoms with Gasteiger partial charge in [-0.1, -0.05) is 25.5 Å². The van der Waals surface area contributed by atoms with Crippen LogP contribution in [0.15, 0.2) is 48.8 Å². The van der Waals surface area contributed by atoms with E-state index in [4.69, 9.17) is 0 Å². The average Bonchev–Trinajstić information content (AvgIpc) is 2.99. The van der Waals surface area contributed by atoms with Gasteiger partial charge in [-0.25, -0.2) is 0 Å². The highest BCUT2D eigenvalue weighted by atomic mass is 16.1. The van der Waals surface area contributed by atoms with Crippen molar-refractivity contribution in [3.8, 4) is 0 Å². The SMILES string of the molecule is CCCC(NC(=O)c1ccccn1)c1nnc2ccccn12. The fraction of sp³-hybridized carbons (Fsp3) is 0.250. The lowest BCUT2D eigenvalue weighted by Gasteiger charge is -2.16. The molecule has 1 N–H and O–H groups in total. The molecule has 0 bridgehead atoms. The Labute approximate surface area is 128 Å². The summed E-state index contributed by atoms with van der Waals surface area (Å²) in [4.78, 5) is 16.4. The minimum absolute atomic E-state index is 0.197. The predicted molar refractivity (Wildman–Crippen MR) is 82.3 cm³/mol. The molecule has 0 radical (unpaired) electrons. The van der Waals surface area contributed by atoms with E-state index in [0.29, 0.717) is 5.69 Å². The summed E-state index contributed by atoms with van der Waals surface area (Å²) in [5, 5.41) is 11.4. The normalized spacial score (nSPS) is 12.2. The summed E-state index contributed by atoms with van der Waals surface area (Å²) >= 11 is 0. The second-order valence-corrected chi connectivity index (χ2v) is 5.02. The van der Waals surface area contributed by atoms with Gasteiger partial charge >= 0.3 is 0 Å². The van der Waals surface area contributed by atoms with Gasteiger partial charge in [-0.15, -0.1) is 10.2 Å². The van der Waals surface area contributed by atoms with E-state index < -0.39 is 0 Å². The van der Waals surface area contributed by atoms with Gasteiger partial charge in [-0.3, -0.25) is 14.2 Å². The van der Waals surface area contributed by atoms with E-state index >= 15 is 0 Å². The van der Waals surface area contributed by atoms with Gasteiger partial charge < -0.3 is 5.32 Å².